The molecule has 0 spiro atoms. The largest absolute Gasteiger partial charge is 0.299 e. The van der Waals surface area contributed by atoms with Gasteiger partial charge in [0.1, 0.15) is 11.6 Å². The van der Waals surface area contributed by atoms with Gasteiger partial charge in [-0.25, -0.2) is 4.39 Å². The molecule has 0 amide bonds. The van der Waals surface area contributed by atoms with E-state index in [1.807, 2.05) is 6.07 Å². The van der Waals surface area contributed by atoms with E-state index in [1.54, 1.807) is 24.5 Å². The number of hydrogen-bond acceptors (Lipinski definition) is 2. The summed E-state index contributed by atoms with van der Waals surface area (Å²) in [5.74, 6) is -0.295. The van der Waals surface area contributed by atoms with Crippen LogP contribution >= 0.6 is 15.9 Å². The first-order valence-electron chi connectivity index (χ1n) is 5.49. The Morgan fingerprint density at radius 1 is 1.28 bits per heavy atom. The fourth-order valence-electron chi connectivity index (χ4n) is 1.68. The summed E-state index contributed by atoms with van der Waals surface area (Å²) in [6, 6.07) is 8.00. The quantitative estimate of drug-likeness (QED) is 0.867. The van der Waals surface area contributed by atoms with Crippen LogP contribution in [-0.2, 0) is 17.6 Å². The smallest absolute Gasteiger partial charge is 0.141 e. The van der Waals surface area contributed by atoms with Gasteiger partial charge in [-0.2, -0.15) is 0 Å². The minimum atomic E-state index is -0.331. The van der Waals surface area contributed by atoms with Gasteiger partial charge in [-0.05, 0) is 35.4 Å². The number of aromatic nitrogens is 1. The molecule has 4 heteroatoms. The zero-order valence-corrected chi connectivity index (χ0v) is 11.2. The predicted octanol–water partition coefficient (Wildman–Crippen LogP) is 3.34. The van der Waals surface area contributed by atoms with Gasteiger partial charge in [0.15, 0.2) is 0 Å². The monoisotopic (exact) mass is 307 g/mol. The number of hydrogen-bond donors (Lipinski definition) is 0. The number of halogens is 2. The van der Waals surface area contributed by atoms with E-state index >= 15 is 0 Å². The second kappa shape index (κ2) is 5.87. The Balaban J connectivity index is 2.05. The number of ketones is 1. The number of Topliss-reactive ketones (excluding diaryl/α,β-unsaturated/α-hetero) is 1. The number of rotatable bonds is 4. The Morgan fingerprint density at radius 3 is 2.83 bits per heavy atom. The highest BCUT2D eigenvalue weighted by Gasteiger charge is 2.09. The Kier molecular flexibility index (Phi) is 4.20. The lowest BCUT2D eigenvalue weighted by Gasteiger charge is -2.04. The summed E-state index contributed by atoms with van der Waals surface area (Å²) in [5, 5.41) is 0. The number of carbonyl (C=O) groups is 1. The molecule has 0 fully saturated rings. The Bertz CT molecular complexity index is 557. The second-order valence-electron chi connectivity index (χ2n) is 3.99. The van der Waals surface area contributed by atoms with Crippen LogP contribution in [0.4, 0.5) is 4.39 Å². The number of pyridine rings is 1. The lowest BCUT2D eigenvalue weighted by molar-refractivity contribution is -0.117. The van der Waals surface area contributed by atoms with Crippen molar-refractivity contribution in [3.63, 3.8) is 0 Å². The van der Waals surface area contributed by atoms with Gasteiger partial charge in [0, 0.05) is 29.7 Å². The summed E-state index contributed by atoms with van der Waals surface area (Å²) in [5.41, 5.74) is 1.54. The number of carbonyl (C=O) groups excluding carboxylic acids is 1. The Labute approximate surface area is 113 Å². The van der Waals surface area contributed by atoms with Crippen molar-refractivity contribution in [3.05, 3.63) is 64.1 Å². The third kappa shape index (κ3) is 3.47. The van der Waals surface area contributed by atoms with Gasteiger partial charge in [0.05, 0.1) is 0 Å². The van der Waals surface area contributed by atoms with Crippen molar-refractivity contribution in [2.24, 2.45) is 0 Å². The minimum Gasteiger partial charge on any atom is -0.299 e. The lowest BCUT2D eigenvalue weighted by atomic mass is 10.0. The third-order valence-electron chi connectivity index (χ3n) is 2.52. The van der Waals surface area contributed by atoms with Crippen molar-refractivity contribution in [2.45, 2.75) is 12.8 Å². The Hall–Kier alpha value is -1.55. The highest BCUT2D eigenvalue weighted by Crippen LogP contribution is 2.19. The average molecular weight is 308 g/mol. The SMILES string of the molecule is O=C(Cc1cccnc1)Cc1cc(F)ccc1Br. The molecule has 1 aromatic carbocycles. The molecule has 0 unspecified atom stereocenters. The van der Waals surface area contributed by atoms with Crippen LogP contribution in [0.15, 0.2) is 47.2 Å². The fourth-order valence-corrected chi connectivity index (χ4v) is 2.07. The van der Waals surface area contributed by atoms with E-state index in [2.05, 4.69) is 20.9 Å². The molecule has 1 aromatic heterocycles. The van der Waals surface area contributed by atoms with E-state index in [-0.39, 0.29) is 18.0 Å². The Morgan fingerprint density at radius 2 is 2.11 bits per heavy atom. The highest BCUT2D eigenvalue weighted by atomic mass is 79.9. The molecule has 0 atom stereocenters. The van der Waals surface area contributed by atoms with Gasteiger partial charge >= 0.3 is 0 Å². The molecular formula is C14H11BrFNO. The van der Waals surface area contributed by atoms with E-state index in [4.69, 9.17) is 0 Å². The van der Waals surface area contributed by atoms with Crippen LogP contribution in [-0.4, -0.2) is 10.8 Å². The molecule has 0 bridgehead atoms. The van der Waals surface area contributed by atoms with Gasteiger partial charge in [-0.1, -0.05) is 22.0 Å². The molecule has 2 nitrogen and oxygen atoms in total. The van der Waals surface area contributed by atoms with Gasteiger partial charge in [0.2, 0.25) is 0 Å². The molecule has 0 N–H and O–H groups in total. The summed E-state index contributed by atoms with van der Waals surface area (Å²) < 4.78 is 13.8. The molecule has 0 saturated carbocycles. The summed E-state index contributed by atoms with van der Waals surface area (Å²) in [6.45, 7) is 0. The van der Waals surface area contributed by atoms with Crippen LogP contribution in [0.5, 0.6) is 0 Å². The molecule has 0 aliphatic heterocycles. The van der Waals surface area contributed by atoms with Gasteiger partial charge in [0.25, 0.3) is 0 Å². The minimum absolute atomic E-state index is 0.0364. The molecule has 0 radical (unpaired) electrons. The summed E-state index contributed by atoms with van der Waals surface area (Å²) in [7, 11) is 0. The van der Waals surface area contributed by atoms with Crippen LogP contribution < -0.4 is 0 Å². The van der Waals surface area contributed by atoms with Crippen molar-refractivity contribution >= 4 is 21.7 Å². The van der Waals surface area contributed by atoms with Crippen molar-refractivity contribution in [2.75, 3.05) is 0 Å². The van der Waals surface area contributed by atoms with Gasteiger partial charge in [-0.3, -0.25) is 9.78 Å². The zero-order chi connectivity index (χ0) is 13.0. The molecule has 2 aromatic rings. The van der Waals surface area contributed by atoms with Crippen molar-refractivity contribution < 1.29 is 9.18 Å². The molecule has 18 heavy (non-hydrogen) atoms. The van der Waals surface area contributed by atoms with E-state index in [9.17, 15) is 9.18 Å². The summed E-state index contributed by atoms with van der Waals surface area (Å²) >= 11 is 3.31. The van der Waals surface area contributed by atoms with Crippen LogP contribution in [0, 0.1) is 5.82 Å². The maximum Gasteiger partial charge on any atom is 0.141 e. The van der Waals surface area contributed by atoms with Crippen molar-refractivity contribution in [3.8, 4) is 0 Å². The predicted molar refractivity (Wildman–Crippen MR) is 70.8 cm³/mol. The molecule has 2 rings (SSSR count). The maximum absolute atomic E-state index is 13.1. The van der Waals surface area contributed by atoms with E-state index < -0.39 is 0 Å². The topological polar surface area (TPSA) is 30.0 Å². The van der Waals surface area contributed by atoms with E-state index in [0.717, 1.165) is 10.0 Å². The maximum atomic E-state index is 13.1. The van der Waals surface area contributed by atoms with E-state index in [0.29, 0.717) is 12.0 Å². The average Bonchev–Trinajstić information content (AvgIpc) is 2.35. The first-order valence-corrected chi connectivity index (χ1v) is 6.29. The summed E-state index contributed by atoms with van der Waals surface area (Å²) in [6.07, 6.45) is 3.86. The first-order chi connectivity index (χ1) is 8.65. The molecule has 92 valence electrons. The van der Waals surface area contributed by atoms with E-state index in [1.165, 1.54) is 12.1 Å². The fraction of sp³-hybridized carbons (Fsp3) is 0.143. The molecule has 1 heterocycles. The molecule has 0 aliphatic rings. The van der Waals surface area contributed by atoms with Crippen molar-refractivity contribution in [1.29, 1.82) is 0 Å². The van der Waals surface area contributed by atoms with Gasteiger partial charge < -0.3 is 0 Å². The van der Waals surface area contributed by atoms with Crippen LogP contribution in [0.2, 0.25) is 0 Å². The lowest BCUT2D eigenvalue weighted by Crippen LogP contribution is -2.07. The zero-order valence-electron chi connectivity index (χ0n) is 9.57. The number of nitrogens with zero attached hydrogens (tertiary/aromatic N) is 1. The summed E-state index contributed by atoms with van der Waals surface area (Å²) in [4.78, 5) is 15.8. The highest BCUT2D eigenvalue weighted by molar-refractivity contribution is 9.10. The normalized spacial score (nSPS) is 10.3. The van der Waals surface area contributed by atoms with Crippen LogP contribution in [0.25, 0.3) is 0 Å². The second-order valence-corrected chi connectivity index (χ2v) is 4.84. The van der Waals surface area contributed by atoms with Crippen molar-refractivity contribution in [1.82, 2.24) is 4.98 Å². The van der Waals surface area contributed by atoms with Crippen LogP contribution in [0.1, 0.15) is 11.1 Å². The molecule has 0 aliphatic carbocycles. The van der Waals surface area contributed by atoms with Gasteiger partial charge in [-0.15, -0.1) is 0 Å². The first kappa shape index (κ1) is 12.9. The standard InChI is InChI=1S/C14H11BrFNO/c15-14-4-3-12(16)7-11(14)8-13(18)6-10-2-1-5-17-9-10/h1-5,7,9H,6,8H2. The molecule has 0 saturated heterocycles. The van der Waals surface area contributed by atoms with Crippen LogP contribution in [0.3, 0.4) is 0 Å². The molecular weight excluding hydrogens is 297 g/mol. The number of benzene rings is 1. The third-order valence-corrected chi connectivity index (χ3v) is 3.29.